The molecule has 0 spiro atoms. The van der Waals surface area contributed by atoms with Crippen molar-refractivity contribution in [3.05, 3.63) is 11.6 Å². The third kappa shape index (κ3) is 1.96. The van der Waals surface area contributed by atoms with Gasteiger partial charge in [-0.2, -0.15) is 0 Å². The van der Waals surface area contributed by atoms with E-state index >= 15 is 0 Å². The van der Waals surface area contributed by atoms with E-state index in [1.165, 1.54) is 6.42 Å². The lowest BCUT2D eigenvalue weighted by Gasteiger charge is -2.31. The summed E-state index contributed by atoms with van der Waals surface area (Å²) in [5, 5.41) is 8.91. The molecular weight excluding hydrogens is 160 g/mol. The van der Waals surface area contributed by atoms with Gasteiger partial charge in [-0.15, -0.1) is 0 Å². The Balaban J connectivity index is 2.70. The molecule has 1 N–H and O–H groups in total. The van der Waals surface area contributed by atoms with Crippen LogP contribution in [0.1, 0.15) is 40.5 Å². The predicted molar refractivity (Wildman–Crippen MR) is 56.5 cm³/mol. The van der Waals surface area contributed by atoms with Crippen LogP contribution in [0.4, 0.5) is 0 Å². The molecule has 1 aliphatic carbocycles. The Morgan fingerprint density at radius 3 is 2.62 bits per heavy atom. The molecule has 1 nitrogen and oxygen atoms in total. The van der Waals surface area contributed by atoms with E-state index in [0.717, 1.165) is 12.3 Å². The first-order valence-electron chi connectivity index (χ1n) is 5.31. The van der Waals surface area contributed by atoms with Crippen LogP contribution >= 0.6 is 0 Å². The largest absolute Gasteiger partial charge is 0.396 e. The number of aliphatic hydroxyl groups excluding tert-OH is 1. The van der Waals surface area contributed by atoms with E-state index in [-0.39, 0.29) is 0 Å². The lowest BCUT2D eigenvalue weighted by molar-refractivity contribution is 0.246. The molecule has 0 fully saturated rings. The van der Waals surface area contributed by atoms with Crippen molar-refractivity contribution in [2.24, 2.45) is 17.3 Å². The molecule has 0 aromatic rings. The highest BCUT2D eigenvalue weighted by molar-refractivity contribution is 5.22. The van der Waals surface area contributed by atoms with Crippen LogP contribution in [0.5, 0.6) is 0 Å². The molecule has 13 heavy (non-hydrogen) atoms. The van der Waals surface area contributed by atoms with Crippen LogP contribution in [0.25, 0.3) is 0 Å². The quantitative estimate of drug-likeness (QED) is 0.665. The predicted octanol–water partition coefficient (Wildman–Crippen LogP) is 3.00. The topological polar surface area (TPSA) is 20.2 Å². The zero-order valence-electron chi connectivity index (χ0n) is 9.30. The third-order valence-corrected chi connectivity index (χ3v) is 3.76. The monoisotopic (exact) mass is 182 g/mol. The summed E-state index contributed by atoms with van der Waals surface area (Å²) in [4.78, 5) is 0. The molecule has 1 rings (SSSR count). The Morgan fingerprint density at radius 2 is 2.23 bits per heavy atom. The van der Waals surface area contributed by atoms with Crippen molar-refractivity contribution < 1.29 is 5.11 Å². The van der Waals surface area contributed by atoms with Crippen molar-refractivity contribution in [1.29, 1.82) is 0 Å². The summed E-state index contributed by atoms with van der Waals surface area (Å²) in [5.41, 5.74) is 1.89. The van der Waals surface area contributed by atoms with Gasteiger partial charge in [0.1, 0.15) is 0 Å². The summed E-state index contributed by atoms with van der Waals surface area (Å²) in [6.07, 6.45) is 4.49. The molecule has 0 saturated carbocycles. The van der Waals surface area contributed by atoms with Crippen molar-refractivity contribution in [2.45, 2.75) is 40.5 Å². The van der Waals surface area contributed by atoms with Gasteiger partial charge in [0.15, 0.2) is 0 Å². The molecule has 0 aromatic carbocycles. The summed E-state index contributed by atoms with van der Waals surface area (Å²) in [7, 11) is 0. The molecule has 0 heterocycles. The zero-order valence-corrected chi connectivity index (χ0v) is 9.30. The Bertz CT molecular complexity index is 203. The van der Waals surface area contributed by atoms with Crippen LogP contribution < -0.4 is 0 Å². The van der Waals surface area contributed by atoms with E-state index < -0.39 is 0 Å². The van der Waals surface area contributed by atoms with Crippen LogP contribution in [0.3, 0.4) is 0 Å². The summed E-state index contributed by atoms with van der Waals surface area (Å²) in [5.74, 6) is 1.30. The van der Waals surface area contributed by atoms with Crippen LogP contribution in [0, 0.1) is 17.3 Å². The van der Waals surface area contributed by atoms with Crippen molar-refractivity contribution in [3.8, 4) is 0 Å². The second-order valence-corrected chi connectivity index (χ2v) is 4.93. The summed E-state index contributed by atoms with van der Waals surface area (Å²) in [6, 6.07) is 0. The van der Waals surface area contributed by atoms with Gasteiger partial charge >= 0.3 is 0 Å². The van der Waals surface area contributed by atoms with Gasteiger partial charge in [0.2, 0.25) is 0 Å². The van der Waals surface area contributed by atoms with Crippen LogP contribution in [-0.2, 0) is 0 Å². The fraction of sp³-hybridized carbons (Fsp3) is 0.833. The van der Waals surface area contributed by atoms with Gasteiger partial charge in [-0.05, 0) is 30.1 Å². The second kappa shape index (κ2) is 3.83. The van der Waals surface area contributed by atoms with Gasteiger partial charge in [-0.1, -0.05) is 39.3 Å². The van der Waals surface area contributed by atoms with E-state index in [2.05, 4.69) is 33.8 Å². The van der Waals surface area contributed by atoms with Crippen molar-refractivity contribution in [1.82, 2.24) is 0 Å². The minimum Gasteiger partial charge on any atom is -0.396 e. The van der Waals surface area contributed by atoms with Crippen molar-refractivity contribution in [2.75, 3.05) is 6.61 Å². The van der Waals surface area contributed by atoms with E-state index in [9.17, 15) is 0 Å². The molecule has 2 atom stereocenters. The lowest BCUT2D eigenvalue weighted by atomic mass is 9.73. The Hall–Kier alpha value is -0.300. The van der Waals surface area contributed by atoms with E-state index in [0.29, 0.717) is 17.9 Å². The summed E-state index contributed by atoms with van der Waals surface area (Å²) < 4.78 is 0. The average molecular weight is 182 g/mol. The molecule has 0 amide bonds. The first-order chi connectivity index (χ1) is 6.00. The van der Waals surface area contributed by atoms with Gasteiger partial charge < -0.3 is 5.11 Å². The van der Waals surface area contributed by atoms with Crippen LogP contribution in [0.15, 0.2) is 11.6 Å². The number of rotatable bonds is 3. The maximum Gasteiger partial charge on any atom is 0.0436 e. The van der Waals surface area contributed by atoms with E-state index in [1.807, 2.05) is 0 Å². The summed E-state index contributed by atoms with van der Waals surface area (Å²) in [6.45, 7) is 9.49. The third-order valence-electron chi connectivity index (χ3n) is 3.76. The SMILES string of the molecule is C[C@@H]1CC=C([C@@H](C)CCO)C1(C)C. The Morgan fingerprint density at radius 1 is 1.62 bits per heavy atom. The normalized spacial score (nSPS) is 28.7. The van der Waals surface area contributed by atoms with Gasteiger partial charge in [0.05, 0.1) is 0 Å². The molecule has 0 aromatic heterocycles. The number of hydrogen-bond donors (Lipinski definition) is 1. The lowest BCUT2D eigenvalue weighted by Crippen LogP contribution is -2.22. The molecule has 0 aliphatic heterocycles. The van der Waals surface area contributed by atoms with Crippen LogP contribution in [0.2, 0.25) is 0 Å². The molecular formula is C12H22O. The first-order valence-corrected chi connectivity index (χ1v) is 5.31. The maximum atomic E-state index is 8.91. The molecule has 0 radical (unpaired) electrons. The van der Waals surface area contributed by atoms with Gasteiger partial charge in [-0.25, -0.2) is 0 Å². The number of aliphatic hydroxyl groups is 1. The van der Waals surface area contributed by atoms with E-state index in [1.54, 1.807) is 5.57 Å². The van der Waals surface area contributed by atoms with Crippen molar-refractivity contribution >= 4 is 0 Å². The molecule has 1 aliphatic rings. The molecule has 76 valence electrons. The van der Waals surface area contributed by atoms with Gasteiger partial charge in [0.25, 0.3) is 0 Å². The highest BCUT2D eigenvalue weighted by Crippen LogP contribution is 2.46. The first kappa shape index (κ1) is 10.8. The van der Waals surface area contributed by atoms with Crippen LogP contribution in [-0.4, -0.2) is 11.7 Å². The second-order valence-electron chi connectivity index (χ2n) is 4.93. The highest BCUT2D eigenvalue weighted by atomic mass is 16.3. The van der Waals surface area contributed by atoms with Crippen molar-refractivity contribution in [3.63, 3.8) is 0 Å². The van der Waals surface area contributed by atoms with Gasteiger partial charge in [0, 0.05) is 6.61 Å². The minimum absolute atomic E-state index is 0.308. The maximum absolute atomic E-state index is 8.91. The fourth-order valence-corrected chi connectivity index (χ4v) is 2.33. The Kier molecular flexibility index (Phi) is 3.18. The minimum atomic E-state index is 0.308. The van der Waals surface area contributed by atoms with Gasteiger partial charge in [-0.3, -0.25) is 0 Å². The average Bonchev–Trinajstić information content (AvgIpc) is 2.28. The molecule has 0 unspecified atom stereocenters. The smallest absolute Gasteiger partial charge is 0.0436 e. The molecule has 0 saturated heterocycles. The standard InChI is InChI=1S/C12H22O/c1-9(7-8-13)11-6-5-10(2)12(11,3)4/h6,9-10,13H,5,7-8H2,1-4H3/t9-,10+/m0/s1. The highest BCUT2D eigenvalue weighted by Gasteiger charge is 2.35. The number of allylic oxidation sites excluding steroid dienone is 2. The number of hydrogen-bond acceptors (Lipinski definition) is 1. The molecule has 1 heteroatoms. The zero-order chi connectivity index (χ0) is 10.1. The molecule has 0 bridgehead atoms. The fourth-order valence-electron chi connectivity index (χ4n) is 2.33. The Labute approximate surface area is 81.9 Å². The van der Waals surface area contributed by atoms with E-state index in [4.69, 9.17) is 5.11 Å². The summed E-state index contributed by atoms with van der Waals surface area (Å²) >= 11 is 0.